The minimum atomic E-state index is -0.670. The molecule has 1 fully saturated rings. The SMILES string of the molecule is C=C(C(=O)N1CCCCC1C(=O)OCC)c1ccc(Sc2ccc3c(c2)CCOO3)c([N+](=O)[O-])c1. The van der Waals surface area contributed by atoms with Crippen LogP contribution in [0.15, 0.2) is 52.8 Å². The number of nitro groups is 1. The van der Waals surface area contributed by atoms with E-state index in [0.717, 1.165) is 23.3 Å². The van der Waals surface area contributed by atoms with Crippen LogP contribution < -0.4 is 4.89 Å². The van der Waals surface area contributed by atoms with E-state index in [4.69, 9.17) is 14.5 Å². The summed E-state index contributed by atoms with van der Waals surface area (Å²) in [7, 11) is 0. The van der Waals surface area contributed by atoms with Crippen molar-refractivity contribution in [2.75, 3.05) is 19.8 Å². The highest BCUT2D eigenvalue weighted by Crippen LogP contribution is 2.39. The Kier molecular flexibility index (Phi) is 7.72. The van der Waals surface area contributed by atoms with E-state index in [1.54, 1.807) is 25.1 Å². The number of ether oxygens (including phenoxy) is 1. The minimum absolute atomic E-state index is 0.103. The second kappa shape index (κ2) is 10.9. The van der Waals surface area contributed by atoms with Crippen molar-refractivity contribution in [1.82, 2.24) is 4.90 Å². The summed E-state index contributed by atoms with van der Waals surface area (Å²) < 4.78 is 5.14. The van der Waals surface area contributed by atoms with Crippen LogP contribution in [0, 0.1) is 10.1 Å². The number of carbonyl (C=O) groups is 2. The van der Waals surface area contributed by atoms with E-state index in [-0.39, 0.29) is 17.9 Å². The fraction of sp³-hybridized carbons (Fsp3) is 0.360. The van der Waals surface area contributed by atoms with Crippen LogP contribution in [0.3, 0.4) is 0 Å². The van der Waals surface area contributed by atoms with Gasteiger partial charge in [0.2, 0.25) is 0 Å². The molecule has 0 spiro atoms. The predicted octanol–water partition coefficient (Wildman–Crippen LogP) is 4.57. The van der Waals surface area contributed by atoms with Gasteiger partial charge in [-0.3, -0.25) is 14.9 Å². The summed E-state index contributed by atoms with van der Waals surface area (Å²) in [6.45, 7) is 6.71. The molecule has 1 saturated heterocycles. The van der Waals surface area contributed by atoms with E-state index >= 15 is 0 Å². The molecule has 10 heteroatoms. The van der Waals surface area contributed by atoms with Gasteiger partial charge >= 0.3 is 5.97 Å². The molecule has 0 bridgehead atoms. The number of carbonyl (C=O) groups excluding carboxylic acids is 2. The van der Waals surface area contributed by atoms with Crippen molar-refractivity contribution in [2.24, 2.45) is 0 Å². The van der Waals surface area contributed by atoms with Crippen molar-refractivity contribution in [3.8, 4) is 5.75 Å². The highest BCUT2D eigenvalue weighted by Gasteiger charge is 2.34. The quantitative estimate of drug-likeness (QED) is 0.180. The van der Waals surface area contributed by atoms with E-state index in [1.165, 1.54) is 22.7 Å². The Balaban J connectivity index is 1.56. The van der Waals surface area contributed by atoms with Gasteiger partial charge in [-0.2, -0.15) is 4.89 Å². The first kappa shape index (κ1) is 24.7. The van der Waals surface area contributed by atoms with Crippen LogP contribution in [0.5, 0.6) is 5.75 Å². The number of fused-ring (bicyclic) bond motifs is 1. The molecule has 4 rings (SSSR count). The number of esters is 1. The van der Waals surface area contributed by atoms with Crippen LogP contribution in [-0.4, -0.2) is 47.5 Å². The van der Waals surface area contributed by atoms with Crippen LogP contribution >= 0.6 is 11.8 Å². The predicted molar refractivity (Wildman–Crippen MR) is 129 cm³/mol. The molecule has 2 heterocycles. The normalized spacial score (nSPS) is 17.2. The standard InChI is InChI=1S/C25H26N2O7S/c1-3-32-25(29)20-6-4-5-12-26(20)24(28)16(2)17-7-10-23(21(15-17)27(30)31)35-19-8-9-22-18(14-19)11-13-33-34-22/h7-10,14-15,20H,2-6,11-13H2,1H3. The van der Waals surface area contributed by atoms with Gasteiger partial charge in [-0.15, -0.1) is 0 Å². The van der Waals surface area contributed by atoms with Crippen molar-refractivity contribution >= 4 is 34.9 Å². The Bertz CT molecular complexity index is 1170. The van der Waals surface area contributed by atoms with Gasteiger partial charge in [0.1, 0.15) is 6.04 Å². The first-order valence-electron chi connectivity index (χ1n) is 11.4. The third-order valence-corrected chi connectivity index (χ3v) is 7.00. The number of rotatable bonds is 7. The number of nitro benzene ring substituents is 1. The molecule has 2 aliphatic heterocycles. The van der Waals surface area contributed by atoms with E-state index in [2.05, 4.69) is 6.58 Å². The Hall–Kier alpha value is -3.37. The molecule has 0 aliphatic carbocycles. The van der Waals surface area contributed by atoms with Gasteiger partial charge in [0, 0.05) is 35.1 Å². The van der Waals surface area contributed by atoms with E-state index in [9.17, 15) is 19.7 Å². The lowest BCUT2D eigenvalue weighted by molar-refractivity contribution is -0.387. The molecule has 2 aliphatic rings. The molecule has 35 heavy (non-hydrogen) atoms. The fourth-order valence-electron chi connectivity index (χ4n) is 4.17. The average molecular weight is 499 g/mol. The van der Waals surface area contributed by atoms with Crippen LogP contribution in [0.1, 0.15) is 37.3 Å². The lowest BCUT2D eigenvalue weighted by Gasteiger charge is -2.34. The smallest absolute Gasteiger partial charge is 0.328 e. The molecule has 1 amide bonds. The third-order valence-electron chi connectivity index (χ3n) is 5.95. The molecule has 1 atom stereocenters. The highest BCUT2D eigenvalue weighted by molar-refractivity contribution is 7.99. The minimum Gasteiger partial charge on any atom is -0.464 e. The molecule has 9 nitrogen and oxygen atoms in total. The largest absolute Gasteiger partial charge is 0.464 e. The molecule has 0 N–H and O–H groups in total. The van der Waals surface area contributed by atoms with Crippen molar-refractivity contribution in [1.29, 1.82) is 0 Å². The first-order chi connectivity index (χ1) is 16.9. The van der Waals surface area contributed by atoms with Gasteiger partial charge in [-0.05, 0) is 56.0 Å². The molecule has 0 radical (unpaired) electrons. The Morgan fingerprint density at radius 3 is 2.86 bits per heavy atom. The zero-order valence-corrected chi connectivity index (χ0v) is 20.2. The summed E-state index contributed by atoms with van der Waals surface area (Å²) in [5.41, 5.74) is 1.29. The maximum Gasteiger partial charge on any atom is 0.328 e. The number of nitrogens with zero attached hydrogens (tertiary/aromatic N) is 2. The number of piperidine rings is 1. The zero-order chi connectivity index (χ0) is 24.9. The zero-order valence-electron chi connectivity index (χ0n) is 19.4. The molecule has 2 aromatic rings. The number of hydrogen-bond donors (Lipinski definition) is 0. The Morgan fingerprint density at radius 2 is 2.09 bits per heavy atom. The summed E-state index contributed by atoms with van der Waals surface area (Å²) in [6, 6.07) is 9.47. The van der Waals surface area contributed by atoms with Gasteiger partial charge in [0.05, 0.1) is 23.0 Å². The maximum absolute atomic E-state index is 13.2. The van der Waals surface area contributed by atoms with Gasteiger partial charge < -0.3 is 14.5 Å². The Morgan fingerprint density at radius 1 is 1.26 bits per heavy atom. The van der Waals surface area contributed by atoms with Crippen LogP contribution in [0.25, 0.3) is 5.57 Å². The van der Waals surface area contributed by atoms with Crippen molar-refractivity contribution in [2.45, 2.75) is 48.4 Å². The summed E-state index contributed by atoms with van der Waals surface area (Å²) >= 11 is 1.26. The number of amides is 1. The van der Waals surface area contributed by atoms with E-state index < -0.39 is 22.8 Å². The molecule has 0 aromatic heterocycles. The topological polar surface area (TPSA) is 108 Å². The molecule has 1 unspecified atom stereocenters. The van der Waals surface area contributed by atoms with Crippen molar-refractivity contribution in [3.05, 3.63) is 64.2 Å². The van der Waals surface area contributed by atoms with Crippen LogP contribution in [-0.2, 0) is 25.6 Å². The third kappa shape index (κ3) is 5.49. The van der Waals surface area contributed by atoms with Crippen LogP contribution in [0.2, 0.25) is 0 Å². The van der Waals surface area contributed by atoms with E-state index in [1.807, 2.05) is 12.1 Å². The second-order valence-electron chi connectivity index (χ2n) is 8.21. The second-order valence-corrected chi connectivity index (χ2v) is 9.32. The average Bonchev–Trinajstić information content (AvgIpc) is 2.88. The summed E-state index contributed by atoms with van der Waals surface area (Å²) in [6.07, 6.45) is 2.79. The number of likely N-dealkylation sites (tertiary alicyclic amines) is 1. The van der Waals surface area contributed by atoms with Crippen molar-refractivity contribution in [3.63, 3.8) is 0 Å². The highest BCUT2D eigenvalue weighted by atomic mass is 32.2. The molecule has 2 aromatic carbocycles. The monoisotopic (exact) mass is 498 g/mol. The maximum atomic E-state index is 13.2. The molecular formula is C25H26N2O7S. The van der Waals surface area contributed by atoms with Crippen LogP contribution in [0.4, 0.5) is 5.69 Å². The molecule has 184 valence electrons. The summed E-state index contributed by atoms with van der Waals surface area (Å²) in [4.78, 5) is 49.9. The fourth-order valence-corrected chi connectivity index (χ4v) is 5.13. The van der Waals surface area contributed by atoms with Gasteiger partial charge in [0.15, 0.2) is 5.75 Å². The van der Waals surface area contributed by atoms with Crippen molar-refractivity contribution < 1.29 is 29.0 Å². The van der Waals surface area contributed by atoms with Gasteiger partial charge in [-0.1, -0.05) is 24.4 Å². The number of benzene rings is 2. The lowest BCUT2D eigenvalue weighted by Crippen LogP contribution is -2.48. The molecule has 0 saturated carbocycles. The summed E-state index contributed by atoms with van der Waals surface area (Å²) in [5, 5.41) is 11.9. The summed E-state index contributed by atoms with van der Waals surface area (Å²) in [5.74, 6) is -0.221. The van der Waals surface area contributed by atoms with Gasteiger partial charge in [-0.25, -0.2) is 4.79 Å². The van der Waals surface area contributed by atoms with Gasteiger partial charge in [0.25, 0.3) is 11.6 Å². The number of hydrogen-bond acceptors (Lipinski definition) is 8. The first-order valence-corrected chi connectivity index (χ1v) is 12.3. The Labute approximate surface area is 207 Å². The van der Waals surface area contributed by atoms with E-state index in [0.29, 0.717) is 42.2 Å². The molecular weight excluding hydrogens is 472 g/mol. The lowest BCUT2D eigenvalue weighted by atomic mass is 9.99.